The van der Waals surface area contributed by atoms with Gasteiger partial charge in [-0.15, -0.1) is 0 Å². The van der Waals surface area contributed by atoms with Crippen molar-refractivity contribution in [3.8, 4) is 0 Å². The van der Waals surface area contributed by atoms with Crippen LogP contribution in [-0.4, -0.2) is 36.8 Å². The second-order valence-corrected chi connectivity index (χ2v) is 5.20. The first kappa shape index (κ1) is 15.2. The molecule has 3 nitrogen and oxygen atoms in total. The molecule has 18 heavy (non-hydrogen) atoms. The molecule has 0 saturated heterocycles. The molecule has 1 aromatic carbocycles. The van der Waals surface area contributed by atoms with Crippen molar-refractivity contribution >= 4 is 0 Å². The first-order chi connectivity index (χ1) is 8.61. The molecule has 0 spiro atoms. The lowest BCUT2D eigenvalue weighted by Gasteiger charge is -2.14. The Morgan fingerprint density at radius 2 is 1.78 bits per heavy atom. The van der Waals surface area contributed by atoms with E-state index >= 15 is 0 Å². The van der Waals surface area contributed by atoms with Gasteiger partial charge in [-0.3, -0.25) is 0 Å². The average Bonchev–Trinajstić information content (AvgIpc) is 2.35. The summed E-state index contributed by atoms with van der Waals surface area (Å²) in [5.41, 5.74) is 2.66. The van der Waals surface area contributed by atoms with Crippen molar-refractivity contribution in [1.29, 1.82) is 0 Å². The molecule has 1 atom stereocenters. The van der Waals surface area contributed by atoms with Crippen LogP contribution in [0.15, 0.2) is 24.3 Å². The fourth-order valence-electron chi connectivity index (χ4n) is 1.92. The monoisotopic (exact) mass is 250 g/mol. The molecule has 0 aliphatic rings. The molecule has 0 aliphatic carbocycles. The third-order valence-electron chi connectivity index (χ3n) is 2.97. The van der Waals surface area contributed by atoms with Crippen molar-refractivity contribution < 1.29 is 5.11 Å². The fraction of sp³-hybridized carbons (Fsp3) is 0.600. The Bertz CT molecular complexity index is 322. The van der Waals surface area contributed by atoms with Crippen molar-refractivity contribution in [2.75, 3.05) is 20.7 Å². The predicted molar refractivity (Wildman–Crippen MR) is 76.5 cm³/mol. The van der Waals surface area contributed by atoms with E-state index in [4.69, 9.17) is 5.11 Å². The maximum absolute atomic E-state index is 8.77. The van der Waals surface area contributed by atoms with E-state index < -0.39 is 0 Å². The zero-order valence-corrected chi connectivity index (χ0v) is 11.8. The number of hydrogen-bond acceptors (Lipinski definition) is 3. The molecule has 1 rings (SSSR count). The highest BCUT2D eigenvalue weighted by atomic mass is 16.2. The van der Waals surface area contributed by atoms with Crippen LogP contribution in [0.1, 0.15) is 30.9 Å². The molecule has 0 fully saturated rings. The van der Waals surface area contributed by atoms with Gasteiger partial charge in [0.2, 0.25) is 0 Å². The number of nitrogens with zero attached hydrogens (tertiary/aromatic N) is 1. The molecule has 1 unspecified atom stereocenters. The van der Waals surface area contributed by atoms with Gasteiger partial charge in [0, 0.05) is 25.7 Å². The first-order valence-corrected chi connectivity index (χ1v) is 6.68. The largest absolute Gasteiger partial charge is 0.396 e. The molecule has 0 aliphatic heterocycles. The van der Waals surface area contributed by atoms with E-state index in [1.54, 1.807) is 0 Å². The Hall–Kier alpha value is -0.900. The second kappa shape index (κ2) is 8.25. The maximum Gasteiger partial charge on any atom is 0.0431 e. The van der Waals surface area contributed by atoms with Crippen LogP contribution in [0.5, 0.6) is 0 Å². The van der Waals surface area contributed by atoms with Gasteiger partial charge < -0.3 is 15.3 Å². The van der Waals surface area contributed by atoms with E-state index in [1.807, 2.05) is 0 Å². The Morgan fingerprint density at radius 1 is 1.17 bits per heavy atom. The molecule has 102 valence electrons. The van der Waals surface area contributed by atoms with Crippen LogP contribution >= 0.6 is 0 Å². The summed E-state index contributed by atoms with van der Waals surface area (Å²) in [4.78, 5) is 2.17. The number of benzene rings is 1. The number of nitrogens with one attached hydrogen (secondary N) is 1. The Kier molecular flexibility index (Phi) is 6.94. The lowest BCUT2D eigenvalue weighted by molar-refractivity contribution is 0.276. The molecule has 2 N–H and O–H groups in total. The lowest BCUT2D eigenvalue weighted by Crippen LogP contribution is -2.25. The average molecular weight is 250 g/mol. The van der Waals surface area contributed by atoms with Gasteiger partial charge in [-0.05, 0) is 45.0 Å². The zero-order valence-electron chi connectivity index (χ0n) is 11.8. The van der Waals surface area contributed by atoms with Crippen LogP contribution in [0.25, 0.3) is 0 Å². The van der Waals surface area contributed by atoms with Crippen molar-refractivity contribution in [3.05, 3.63) is 35.4 Å². The van der Waals surface area contributed by atoms with E-state index in [9.17, 15) is 0 Å². The quantitative estimate of drug-likeness (QED) is 0.741. The lowest BCUT2D eigenvalue weighted by atomic mass is 10.1. The van der Waals surface area contributed by atoms with E-state index in [0.29, 0.717) is 6.04 Å². The highest BCUT2D eigenvalue weighted by Crippen LogP contribution is 2.07. The van der Waals surface area contributed by atoms with Crippen molar-refractivity contribution in [2.45, 2.75) is 38.9 Å². The van der Waals surface area contributed by atoms with Gasteiger partial charge in [0.05, 0.1) is 0 Å². The summed E-state index contributed by atoms with van der Waals surface area (Å²) >= 11 is 0. The van der Waals surface area contributed by atoms with E-state index in [0.717, 1.165) is 25.9 Å². The van der Waals surface area contributed by atoms with E-state index in [1.165, 1.54) is 11.1 Å². The third-order valence-corrected chi connectivity index (χ3v) is 2.97. The minimum Gasteiger partial charge on any atom is -0.396 e. The molecular weight excluding hydrogens is 224 g/mol. The summed E-state index contributed by atoms with van der Waals surface area (Å²) < 4.78 is 0. The minimum atomic E-state index is 0.283. The standard InChI is InChI=1S/C15H26N2O/c1-13(5-4-10-18)16-11-14-6-8-15(9-7-14)12-17(2)3/h6-9,13,16,18H,4-5,10-12H2,1-3H3. The Balaban J connectivity index is 2.34. The zero-order chi connectivity index (χ0) is 13.4. The fourth-order valence-corrected chi connectivity index (χ4v) is 1.92. The van der Waals surface area contributed by atoms with Crippen LogP contribution < -0.4 is 5.32 Å². The molecule has 0 aromatic heterocycles. The van der Waals surface area contributed by atoms with Crippen molar-refractivity contribution in [2.24, 2.45) is 0 Å². The van der Waals surface area contributed by atoms with E-state index in [-0.39, 0.29) is 6.61 Å². The summed E-state index contributed by atoms with van der Waals surface area (Å²) in [7, 11) is 4.16. The molecule has 0 saturated carbocycles. The topological polar surface area (TPSA) is 35.5 Å². The molecule has 0 bridgehead atoms. The molecule has 0 radical (unpaired) electrons. The van der Waals surface area contributed by atoms with Crippen molar-refractivity contribution in [3.63, 3.8) is 0 Å². The molecule has 3 heteroatoms. The van der Waals surface area contributed by atoms with Gasteiger partial charge in [0.15, 0.2) is 0 Å². The minimum absolute atomic E-state index is 0.283. The Morgan fingerprint density at radius 3 is 2.33 bits per heavy atom. The number of aliphatic hydroxyl groups excluding tert-OH is 1. The predicted octanol–water partition coefficient (Wildman–Crippen LogP) is 2.00. The Labute approximate surface area is 111 Å². The van der Waals surface area contributed by atoms with Crippen molar-refractivity contribution in [1.82, 2.24) is 10.2 Å². The highest BCUT2D eigenvalue weighted by molar-refractivity contribution is 5.22. The smallest absolute Gasteiger partial charge is 0.0431 e. The van der Waals surface area contributed by atoms with Gasteiger partial charge in [-0.2, -0.15) is 0 Å². The van der Waals surface area contributed by atoms with Crippen LogP contribution in [0.2, 0.25) is 0 Å². The summed E-state index contributed by atoms with van der Waals surface area (Å²) in [6.07, 6.45) is 1.89. The van der Waals surface area contributed by atoms with Gasteiger partial charge in [0.1, 0.15) is 0 Å². The second-order valence-electron chi connectivity index (χ2n) is 5.20. The SMILES string of the molecule is CC(CCCO)NCc1ccc(CN(C)C)cc1. The summed E-state index contributed by atoms with van der Waals surface area (Å²) in [5.74, 6) is 0. The number of rotatable bonds is 8. The number of aliphatic hydroxyl groups is 1. The summed E-state index contributed by atoms with van der Waals surface area (Å²) in [6, 6.07) is 9.21. The van der Waals surface area contributed by atoms with Crippen LogP contribution in [0.3, 0.4) is 0 Å². The molecule has 1 aromatic rings. The maximum atomic E-state index is 8.77. The first-order valence-electron chi connectivity index (χ1n) is 6.68. The van der Waals surface area contributed by atoms with Gasteiger partial charge in [0.25, 0.3) is 0 Å². The normalized spacial score (nSPS) is 12.9. The van der Waals surface area contributed by atoms with Crippen LogP contribution in [0.4, 0.5) is 0 Å². The van der Waals surface area contributed by atoms with Crippen LogP contribution in [0, 0.1) is 0 Å². The summed E-state index contributed by atoms with van der Waals surface area (Å²) in [5, 5.41) is 12.2. The van der Waals surface area contributed by atoms with Crippen LogP contribution in [-0.2, 0) is 13.1 Å². The molecular formula is C15H26N2O. The summed E-state index contributed by atoms with van der Waals surface area (Å²) in [6.45, 7) is 4.33. The van der Waals surface area contributed by atoms with Gasteiger partial charge >= 0.3 is 0 Å². The van der Waals surface area contributed by atoms with Gasteiger partial charge in [-0.25, -0.2) is 0 Å². The third kappa shape index (κ3) is 6.15. The van der Waals surface area contributed by atoms with E-state index in [2.05, 4.69) is 55.5 Å². The highest BCUT2D eigenvalue weighted by Gasteiger charge is 2.01. The number of hydrogen-bond donors (Lipinski definition) is 2. The van der Waals surface area contributed by atoms with Gasteiger partial charge in [-0.1, -0.05) is 24.3 Å². The molecule has 0 amide bonds. The molecule has 0 heterocycles.